The van der Waals surface area contributed by atoms with Crippen LogP contribution < -0.4 is 15.4 Å². The summed E-state index contributed by atoms with van der Waals surface area (Å²) in [6, 6.07) is 7.87. The minimum absolute atomic E-state index is 0.0286. The number of hydrogen-bond donors (Lipinski definition) is 2. The Morgan fingerprint density at radius 3 is 2.37 bits per heavy atom. The smallest absolute Gasteiger partial charge is 0.237 e. The highest BCUT2D eigenvalue weighted by Crippen LogP contribution is 2.11. The van der Waals surface area contributed by atoms with Gasteiger partial charge < -0.3 is 15.4 Å². The topological polar surface area (TPSA) is 50.4 Å². The first-order chi connectivity index (χ1) is 9.02. The number of ether oxygens (including phenoxy) is 1. The van der Waals surface area contributed by atoms with Crippen molar-refractivity contribution in [3.05, 3.63) is 29.8 Å². The maximum Gasteiger partial charge on any atom is 0.237 e. The molecular formula is C15H24N2O2. The molecule has 0 saturated carbocycles. The van der Waals surface area contributed by atoms with Gasteiger partial charge in [0, 0.05) is 12.6 Å². The zero-order valence-electron chi connectivity index (χ0n) is 12.2. The van der Waals surface area contributed by atoms with Crippen LogP contribution in [0.2, 0.25) is 0 Å². The van der Waals surface area contributed by atoms with Gasteiger partial charge in [-0.15, -0.1) is 0 Å². The summed E-state index contributed by atoms with van der Waals surface area (Å²) >= 11 is 0. The van der Waals surface area contributed by atoms with Gasteiger partial charge in [0.15, 0.2) is 0 Å². The first-order valence-corrected chi connectivity index (χ1v) is 6.78. The van der Waals surface area contributed by atoms with E-state index in [-0.39, 0.29) is 18.0 Å². The molecule has 2 N–H and O–H groups in total. The number of carbonyl (C=O) groups is 1. The SMILES string of the molecule is CCOc1ccc(CNC(C)C(=O)NC(C)C)cc1. The van der Waals surface area contributed by atoms with Crippen molar-refractivity contribution < 1.29 is 9.53 Å². The van der Waals surface area contributed by atoms with E-state index in [9.17, 15) is 4.79 Å². The van der Waals surface area contributed by atoms with E-state index >= 15 is 0 Å². The number of nitrogens with one attached hydrogen (secondary N) is 2. The van der Waals surface area contributed by atoms with E-state index < -0.39 is 0 Å². The Kier molecular flexibility index (Phi) is 6.36. The quantitative estimate of drug-likeness (QED) is 0.793. The van der Waals surface area contributed by atoms with Crippen molar-refractivity contribution in [2.75, 3.05) is 6.61 Å². The normalized spacial score (nSPS) is 12.3. The lowest BCUT2D eigenvalue weighted by molar-refractivity contribution is -0.123. The first-order valence-electron chi connectivity index (χ1n) is 6.78. The Balaban J connectivity index is 2.41. The van der Waals surface area contributed by atoms with E-state index in [4.69, 9.17) is 4.74 Å². The lowest BCUT2D eigenvalue weighted by atomic mass is 10.2. The van der Waals surface area contributed by atoms with Crippen LogP contribution in [0.4, 0.5) is 0 Å². The predicted molar refractivity (Wildman–Crippen MR) is 77.2 cm³/mol. The first kappa shape index (κ1) is 15.5. The molecule has 4 heteroatoms. The minimum Gasteiger partial charge on any atom is -0.494 e. The summed E-state index contributed by atoms with van der Waals surface area (Å²) in [4.78, 5) is 11.7. The Morgan fingerprint density at radius 1 is 1.21 bits per heavy atom. The second kappa shape index (κ2) is 7.79. The molecule has 0 spiro atoms. The van der Waals surface area contributed by atoms with Gasteiger partial charge in [0.25, 0.3) is 0 Å². The molecule has 1 atom stereocenters. The fourth-order valence-corrected chi connectivity index (χ4v) is 1.64. The van der Waals surface area contributed by atoms with Gasteiger partial charge in [-0.1, -0.05) is 12.1 Å². The summed E-state index contributed by atoms with van der Waals surface area (Å²) in [6.07, 6.45) is 0. The van der Waals surface area contributed by atoms with E-state index in [1.165, 1.54) is 0 Å². The summed E-state index contributed by atoms with van der Waals surface area (Å²) in [5.41, 5.74) is 1.13. The third-order valence-electron chi connectivity index (χ3n) is 2.67. The molecule has 0 aliphatic heterocycles. The molecule has 106 valence electrons. The van der Waals surface area contributed by atoms with Crippen LogP contribution in [-0.4, -0.2) is 24.6 Å². The summed E-state index contributed by atoms with van der Waals surface area (Å²) in [6.45, 7) is 9.08. The molecule has 1 unspecified atom stereocenters. The molecule has 0 aliphatic rings. The molecule has 0 heterocycles. The molecule has 0 fully saturated rings. The third kappa shape index (κ3) is 5.75. The van der Waals surface area contributed by atoms with Gasteiger partial charge in [-0.25, -0.2) is 0 Å². The lowest BCUT2D eigenvalue weighted by Crippen LogP contribution is -2.44. The van der Waals surface area contributed by atoms with E-state index in [0.717, 1.165) is 11.3 Å². The van der Waals surface area contributed by atoms with Crippen LogP contribution in [0.1, 0.15) is 33.3 Å². The number of amides is 1. The molecule has 0 aliphatic carbocycles. The van der Waals surface area contributed by atoms with Gasteiger partial charge in [0.05, 0.1) is 12.6 Å². The Morgan fingerprint density at radius 2 is 1.84 bits per heavy atom. The van der Waals surface area contributed by atoms with Gasteiger partial charge in [-0.3, -0.25) is 4.79 Å². The van der Waals surface area contributed by atoms with Crippen molar-refractivity contribution in [3.63, 3.8) is 0 Å². The molecule has 0 saturated heterocycles. The van der Waals surface area contributed by atoms with Crippen LogP contribution >= 0.6 is 0 Å². The highest BCUT2D eigenvalue weighted by Gasteiger charge is 2.12. The zero-order chi connectivity index (χ0) is 14.3. The molecular weight excluding hydrogens is 240 g/mol. The second-order valence-electron chi connectivity index (χ2n) is 4.84. The summed E-state index contributed by atoms with van der Waals surface area (Å²) in [7, 11) is 0. The number of rotatable bonds is 7. The van der Waals surface area contributed by atoms with Crippen LogP contribution in [0.5, 0.6) is 5.75 Å². The lowest BCUT2D eigenvalue weighted by Gasteiger charge is -2.16. The maximum atomic E-state index is 11.7. The van der Waals surface area contributed by atoms with Gasteiger partial charge >= 0.3 is 0 Å². The predicted octanol–water partition coefficient (Wildman–Crippen LogP) is 2.09. The molecule has 0 aromatic heterocycles. The molecule has 0 radical (unpaired) electrons. The van der Waals surface area contributed by atoms with Gasteiger partial charge in [-0.2, -0.15) is 0 Å². The fourth-order valence-electron chi connectivity index (χ4n) is 1.64. The zero-order valence-corrected chi connectivity index (χ0v) is 12.2. The molecule has 1 rings (SSSR count). The largest absolute Gasteiger partial charge is 0.494 e. The van der Waals surface area contributed by atoms with Crippen LogP contribution in [0.15, 0.2) is 24.3 Å². The third-order valence-corrected chi connectivity index (χ3v) is 2.67. The molecule has 4 nitrogen and oxygen atoms in total. The summed E-state index contributed by atoms with van der Waals surface area (Å²) < 4.78 is 5.38. The van der Waals surface area contributed by atoms with E-state index in [0.29, 0.717) is 13.2 Å². The molecule has 1 aromatic carbocycles. The second-order valence-corrected chi connectivity index (χ2v) is 4.84. The van der Waals surface area contributed by atoms with Crippen LogP contribution in [0.3, 0.4) is 0 Å². The average Bonchev–Trinajstić information content (AvgIpc) is 2.37. The summed E-state index contributed by atoms with van der Waals surface area (Å²) in [5, 5.41) is 6.09. The number of hydrogen-bond acceptors (Lipinski definition) is 3. The molecule has 1 amide bonds. The van der Waals surface area contributed by atoms with Crippen molar-refractivity contribution in [1.29, 1.82) is 0 Å². The Hall–Kier alpha value is -1.55. The van der Waals surface area contributed by atoms with Crippen molar-refractivity contribution in [2.45, 2.75) is 46.3 Å². The maximum absolute atomic E-state index is 11.7. The van der Waals surface area contributed by atoms with E-state index in [2.05, 4.69) is 10.6 Å². The Labute approximate surface area is 115 Å². The fraction of sp³-hybridized carbons (Fsp3) is 0.533. The van der Waals surface area contributed by atoms with Crippen molar-refractivity contribution in [2.24, 2.45) is 0 Å². The van der Waals surface area contributed by atoms with Gasteiger partial charge in [-0.05, 0) is 45.4 Å². The molecule has 0 bridgehead atoms. The Bertz CT molecular complexity index is 388. The molecule has 1 aromatic rings. The van der Waals surface area contributed by atoms with E-state index in [1.807, 2.05) is 52.0 Å². The average molecular weight is 264 g/mol. The van der Waals surface area contributed by atoms with E-state index in [1.54, 1.807) is 0 Å². The number of carbonyl (C=O) groups excluding carboxylic acids is 1. The van der Waals surface area contributed by atoms with Crippen LogP contribution in [0, 0.1) is 0 Å². The number of benzene rings is 1. The summed E-state index contributed by atoms with van der Waals surface area (Å²) in [5.74, 6) is 0.901. The highest BCUT2D eigenvalue weighted by molar-refractivity contribution is 5.81. The monoisotopic (exact) mass is 264 g/mol. The van der Waals surface area contributed by atoms with Gasteiger partial charge in [0.2, 0.25) is 5.91 Å². The van der Waals surface area contributed by atoms with Crippen LogP contribution in [-0.2, 0) is 11.3 Å². The van der Waals surface area contributed by atoms with Crippen molar-refractivity contribution in [3.8, 4) is 5.75 Å². The highest BCUT2D eigenvalue weighted by atomic mass is 16.5. The standard InChI is InChI=1S/C15H24N2O2/c1-5-19-14-8-6-13(7-9-14)10-16-12(4)15(18)17-11(2)3/h6-9,11-12,16H,5,10H2,1-4H3,(H,17,18). The molecule has 19 heavy (non-hydrogen) atoms. The van der Waals surface area contributed by atoms with Crippen molar-refractivity contribution in [1.82, 2.24) is 10.6 Å². The minimum atomic E-state index is -0.200. The van der Waals surface area contributed by atoms with Crippen LogP contribution in [0.25, 0.3) is 0 Å². The van der Waals surface area contributed by atoms with Crippen molar-refractivity contribution >= 4 is 5.91 Å². The van der Waals surface area contributed by atoms with Gasteiger partial charge in [0.1, 0.15) is 5.75 Å².